The van der Waals surface area contributed by atoms with Gasteiger partial charge in [-0.2, -0.15) is 4.31 Å². The lowest BCUT2D eigenvalue weighted by atomic mass is 10.1. The first-order chi connectivity index (χ1) is 16.8. The van der Waals surface area contributed by atoms with Crippen LogP contribution < -0.4 is 11.1 Å². The Morgan fingerprint density at radius 3 is 2.11 bits per heavy atom. The van der Waals surface area contributed by atoms with E-state index in [2.05, 4.69) is 22.3 Å². The normalized spacial score (nSPS) is 15.9. The molecule has 1 atom stereocenters. The predicted molar refractivity (Wildman–Crippen MR) is 133 cm³/mol. The van der Waals surface area contributed by atoms with Gasteiger partial charge >= 0.3 is 0 Å². The van der Waals surface area contributed by atoms with E-state index in [0.717, 1.165) is 6.54 Å². The molecule has 0 radical (unpaired) electrons. The maximum atomic E-state index is 13.3. The van der Waals surface area contributed by atoms with Crippen LogP contribution in [0.1, 0.15) is 27.5 Å². The number of piperazine rings is 1. The summed E-state index contributed by atoms with van der Waals surface area (Å²) in [5, 5.41) is 2.61. The van der Waals surface area contributed by atoms with Crippen molar-refractivity contribution in [1.29, 1.82) is 0 Å². The second-order valence-corrected chi connectivity index (χ2v) is 10.4. The van der Waals surface area contributed by atoms with Gasteiger partial charge in [0.05, 0.1) is 4.90 Å². The summed E-state index contributed by atoms with van der Waals surface area (Å²) >= 11 is 0. The first-order valence-corrected chi connectivity index (χ1v) is 12.8. The maximum Gasteiger partial charge on any atom is 0.252 e. The molecule has 8 nitrogen and oxygen atoms in total. The number of benzene rings is 3. The molecule has 9 heteroatoms. The second kappa shape index (κ2) is 10.8. The van der Waals surface area contributed by atoms with Crippen molar-refractivity contribution < 1.29 is 18.0 Å². The average molecular weight is 493 g/mol. The molecule has 0 spiro atoms. The van der Waals surface area contributed by atoms with Crippen LogP contribution in [-0.4, -0.2) is 55.6 Å². The summed E-state index contributed by atoms with van der Waals surface area (Å²) in [5.74, 6) is -1.29. The first-order valence-electron chi connectivity index (χ1n) is 11.4. The minimum atomic E-state index is -3.78. The van der Waals surface area contributed by atoms with Gasteiger partial charge in [-0.3, -0.25) is 14.5 Å². The number of carbonyl (C=O) groups is 2. The van der Waals surface area contributed by atoms with E-state index in [1.54, 1.807) is 30.3 Å². The summed E-state index contributed by atoms with van der Waals surface area (Å²) in [6, 6.07) is 23.5. The Bertz CT molecular complexity index is 1270. The molecular weight excluding hydrogens is 464 g/mol. The lowest BCUT2D eigenvalue weighted by molar-refractivity contribution is -0.120. The van der Waals surface area contributed by atoms with E-state index in [1.165, 1.54) is 34.1 Å². The molecule has 0 bridgehead atoms. The summed E-state index contributed by atoms with van der Waals surface area (Å²) in [6.45, 7) is 2.73. The van der Waals surface area contributed by atoms with Crippen LogP contribution in [0.2, 0.25) is 0 Å². The van der Waals surface area contributed by atoms with Crippen LogP contribution in [0.15, 0.2) is 89.8 Å². The Morgan fingerprint density at radius 1 is 0.857 bits per heavy atom. The van der Waals surface area contributed by atoms with Crippen molar-refractivity contribution in [3.05, 3.63) is 102 Å². The highest BCUT2D eigenvalue weighted by Crippen LogP contribution is 2.21. The van der Waals surface area contributed by atoms with E-state index in [1.807, 2.05) is 18.2 Å². The molecule has 0 saturated carbocycles. The number of carbonyl (C=O) groups excluding carboxylic acids is 2. The second-order valence-electron chi connectivity index (χ2n) is 8.41. The molecule has 1 heterocycles. The van der Waals surface area contributed by atoms with Crippen molar-refractivity contribution in [2.24, 2.45) is 5.73 Å². The zero-order valence-corrected chi connectivity index (χ0v) is 20.0. The summed E-state index contributed by atoms with van der Waals surface area (Å²) in [5.41, 5.74) is 7.36. The molecule has 0 aromatic heterocycles. The highest BCUT2D eigenvalue weighted by molar-refractivity contribution is 7.89. The van der Waals surface area contributed by atoms with Crippen molar-refractivity contribution in [2.75, 3.05) is 26.2 Å². The van der Waals surface area contributed by atoms with Gasteiger partial charge in [0.2, 0.25) is 15.9 Å². The highest BCUT2D eigenvalue weighted by atomic mass is 32.2. The van der Waals surface area contributed by atoms with Gasteiger partial charge in [-0.15, -0.1) is 0 Å². The van der Waals surface area contributed by atoms with Gasteiger partial charge in [-0.05, 0) is 29.3 Å². The summed E-state index contributed by atoms with van der Waals surface area (Å²) in [6.07, 6.45) is 0. The summed E-state index contributed by atoms with van der Waals surface area (Å²) in [7, 11) is -3.78. The fourth-order valence-electron chi connectivity index (χ4n) is 4.10. The smallest absolute Gasteiger partial charge is 0.252 e. The summed E-state index contributed by atoms with van der Waals surface area (Å²) < 4.78 is 28.0. The van der Waals surface area contributed by atoms with Crippen LogP contribution in [0.4, 0.5) is 0 Å². The molecular formula is C26H28N4O4S. The minimum absolute atomic E-state index is 0.0389. The molecule has 3 N–H and O–H groups in total. The van der Waals surface area contributed by atoms with Crippen LogP contribution in [0.3, 0.4) is 0 Å². The van der Waals surface area contributed by atoms with Crippen LogP contribution in [0, 0.1) is 0 Å². The zero-order valence-electron chi connectivity index (χ0n) is 19.2. The molecule has 1 fully saturated rings. The van der Waals surface area contributed by atoms with Gasteiger partial charge in [0.15, 0.2) is 0 Å². The number of primary amides is 1. The maximum absolute atomic E-state index is 13.3. The number of rotatable bonds is 8. The SMILES string of the molecule is NC(=O)C(NC(=O)c1cccc(S(=O)(=O)N2CCN(Cc3ccccc3)CC2)c1)c1ccccc1. The minimum Gasteiger partial charge on any atom is -0.368 e. The predicted octanol–water partition coefficient (Wildman–Crippen LogP) is 2.15. The Labute approximate surface area is 205 Å². The quantitative estimate of drug-likeness (QED) is 0.500. The lowest BCUT2D eigenvalue weighted by Crippen LogP contribution is -2.48. The third-order valence-corrected chi connectivity index (χ3v) is 7.90. The number of nitrogens with zero attached hydrogens (tertiary/aromatic N) is 2. The molecule has 3 aromatic carbocycles. The van der Waals surface area contributed by atoms with Crippen LogP contribution in [-0.2, 0) is 21.4 Å². The van der Waals surface area contributed by atoms with Gasteiger partial charge in [-0.25, -0.2) is 8.42 Å². The van der Waals surface area contributed by atoms with Crippen LogP contribution in [0.5, 0.6) is 0 Å². The van der Waals surface area contributed by atoms with Gasteiger partial charge in [0.25, 0.3) is 5.91 Å². The van der Waals surface area contributed by atoms with Gasteiger partial charge in [0.1, 0.15) is 6.04 Å². The van der Waals surface area contributed by atoms with E-state index >= 15 is 0 Å². The third kappa shape index (κ3) is 5.94. The van der Waals surface area contributed by atoms with Crippen molar-refractivity contribution >= 4 is 21.8 Å². The van der Waals surface area contributed by atoms with Gasteiger partial charge < -0.3 is 11.1 Å². The molecule has 1 unspecified atom stereocenters. The van der Waals surface area contributed by atoms with E-state index in [9.17, 15) is 18.0 Å². The number of nitrogens with one attached hydrogen (secondary N) is 1. The number of hydrogen-bond donors (Lipinski definition) is 2. The number of amides is 2. The molecule has 4 rings (SSSR count). The average Bonchev–Trinajstić information content (AvgIpc) is 2.88. The van der Waals surface area contributed by atoms with E-state index in [4.69, 9.17) is 5.73 Å². The summed E-state index contributed by atoms with van der Waals surface area (Å²) in [4.78, 5) is 27.1. The van der Waals surface area contributed by atoms with Crippen LogP contribution in [0.25, 0.3) is 0 Å². The molecule has 35 heavy (non-hydrogen) atoms. The molecule has 1 aliphatic rings. The molecule has 2 amide bonds. The Morgan fingerprint density at radius 2 is 1.49 bits per heavy atom. The lowest BCUT2D eigenvalue weighted by Gasteiger charge is -2.34. The zero-order chi connectivity index (χ0) is 24.8. The number of sulfonamides is 1. The van der Waals surface area contributed by atoms with E-state index < -0.39 is 27.9 Å². The van der Waals surface area contributed by atoms with Crippen molar-refractivity contribution in [3.8, 4) is 0 Å². The Kier molecular flexibility index (Phi) is 7.60. The number of nitrogens with two attached hydrogens (primary N) is 1. The molecule has 3 aromatic rings. The standard InChI is InChI=1S/C26H28N4O4S/c27-25(31)24(21-10-5-2-6-11-21)28-26(32)22-12-7-13-23(18-22)35(33,34)30-16-14-29(15-17-30)19-20-8-3-1-4-9-20/h1-13,18,24H,14-17,19H2,(H2,27,31)(H,28,32). The number of hydrogen-bond acceptors (Lipinski definition) is 5. The van der Waals surface area contributed by atoms with Gasteiger partial charge in [0, 0.05) is 38.3 Å². The molecule has 1 aliphatic heterocycles. The molecule has 182 valence electrons. The Hall–Kier alpha value is -3.53. The largest absolute Gasteiger partial charge is 0.368 e. The van der Waals surface area contributed by atoms with Crippen molar-refractivity contribution in [3.63, 3.8) is 0 Å². The highest BCUT2D eigenvalue weighted by Gasteiger charge is 2.29. The third-order valence-electron chi connectivity index (χ3n) is 6.01. The van der Waals surface area contributed by atoms with Crippen LogP contribution >= 0.6 is 0 Å². The Balaban J connectivity index is 1.44. The fraction of sp³-hybridized carbons (Fsp3) is 0.231. The van der Waals surface area contributed by atoms with Gasteiger partial charge in [-0.1, -0.05) is 66.7 Å². The first kappa shape index (κ1) is 24.6. The molecule has 0 aliphatic carbocycles. The van der Waals surface area contributed by atoms with E-state index in [0.29, 0.717) is 31.7 Å². The van der Waals surface area contributed by atoms with E-state index in [-0.39, 0.29) is 10.5 Å². The topological polar surface area (TPSA) is 113 Å². The van der Waals surface area contributed by atoms with Crippen molar-refractivity contribution in [2.45, 2.75) is 17.5 Å². The fourth-order valence-corrected chi connectivity index (χ4v) is 5.56. The molecule has 1 saturated heterocycles. The monoisotopic (exact) mass is 492 g/mol. The van der Waals surface area contributed by atoms with Crippen molar-refractivity contribution in [1.82, 2.24) is 14.5 Å².